The van der Waals surface area contributed by atoms with Crippen molar-refractivity contribution in [2.24, 2.45) is 16.8 Å². The van der Waals surface area contributed by atoms with Gasteiger partial charge in [-0.15, -0.1) is 24.0 Å². The fourth-order valence-corrected chi connectivity index (χ4v) is 3.65. The van der Waals surface area contributed by atoms with Crippen LogP contribution in [-0.2, 0) is 9.47 Å². The van der Waals surface area contributed by atoms with Crippen molar-refractivity contribution in [1.29, 1.82) is 0 Å². The normalized spacial score (nSPS) is 28.2. The van der Waals surface area contributed by atoms with Gasteiger partial charge in [-0.25, -0.2) is 0 Å². The van der Waals surface area contributed by atoms with Gasteiger partial charge in [-0.05, 0) is 25.2 Å². The van der Waals surface area contributed by atoms with E-state index in [0.717, 1.165) is 63.5 Å². The molecule has 0 aliphatic carbocycles. The van der Waals surface area contributed by atoms with Gasteiger partial charge < -0.3 is 19.7 Å². The molecule has 0 radical (unpaired) electrons. The number of methoxy groups -OCH3 is 1. The van der Waals surface area contributed by atoms with Crippen LogP contribution in [0.2, 0.25) is 0 Å². The van der Waals surface area contributed by atoms with Crippen LogP contribution in [-0.4, -0.2) is 63.0 Å². The maximum Gasteiger partial charge on any atom is 0.194 e. The Kier molecular flexibility index (Phi) is 9.15. The van der Waals surface area contributed by atoms with E-state index in [4.69, 9.17) is 14.5 Å². The van der Waals surface area contributed by atoms with E-state index in [9.17, 15) is 0 Å². The van der Waals surface area contributed by atoms with Crippen molar-refractivity contribution in [1.82, 2.24) is 10.2 Å². The number of likely N-dealkylation sites (tertiary alicyclic amines) is 1. The molecule has 2 heterocycles. The van der Waals surface area contributed by atoms with E-state index in [1.54, 1.807) is 7.11 Å². The summed E-state index contributed by atoms with van der Waals surface area (Å²) in [5.74, 6) is 2.50. The van der Waals surface area contributed by atoms with Crippen LogP contribution < -0.4 is 5.32 Å². The molecule has 2 aliphatic heterocycles. The maximum atomic E-state index is 5.80. The van der Waals surface area contributed by atoms with Crippen LogP contribution in [0.3, 0.4) is 0 Å². The zero-order valence-electron chi connectivity index (χ0n) is 15.1. The smallest absolute Gasteiger partial charge is 0.194 e. The number of piperidine rings is 1. The molecule has 136 valence electrons. The molecule has 23 heavy (non-hydrogen) atoms. The van der Waals surface area contributed by atoms with Crippen molar-refractivity contribution >= 4 is 29.9 Å². The molecule has 5 nitrogen and oxygen atoms in total. The van der Waals surface area contributed by atoms with Gasteiger partial charge in [-0.2, -0.15) is 0 Å². The Morgan fingerprint density at radius 3 is 2.39 bits per heavy atom. The minimum absolute atomic E-state index is 0. The molecule has 0 spiro atoms. The number of halogens is 1. The molecule has 2 saturated heterocycles. The number of hydrogen-bond donors (Lipinski definition) is 1. The standard InChI is InChI=1S/C17H33N3O2.HI/c1-5-18-16(20-11-14(2)10-15(3)12-20)19-13-17(21-4)6-8-22-9-7-17;/h14-15H,5-13H2,1-4H3,(H,18,19);1H. The molecule has 0 aromatic carbocycles. The largest absolute Gasteiger partial charge is 0.381 e. The Labute approximate surface area is 158 Å². The first-order valence-corrected chi connectivity index (χ1v) is 8.74. The molecule has 6 heteroatoms. The van der Waals surface area contributed by atoms with E-state index in [-0.39, 0.29) is 29.6 Å². The second kappa shape index (κ2) is 10.0. The van der Waals surface area contributed by atoms with Crippen molar-refractivity contribution in [3.05, 3.63) is 0 Å². The van der Waals surface area contributed by atoms with Crippen molar-refractivity contribution < 1.29 is 9.47 Å². The average molecular weight is 439 g/mol. The van der Waals surface area contributed by atoms with Gasteiger partial charge >= 0.3 is 0 Å². The van der Waals surface area contributed by atoms with E-state index in [1.807, 2.05) is 0 Å². The summed E-state index contributed by atoms with van der Waals surface area (Å²) in [6.07, 6.45) is 3.17. The molecule has 2 rings (SSSR count). The van der Waals surface area contributed by atoms with Crippen LogP contribution in [0.1, 0.15) is 40.0 Å². The van der Waals surface area contributed by atoms with Gasteiger partial charge in [0, 0.05) is 52.8 Å². The molecule has 2 atom stereocenters. The van der Waals surface area contributed by atoms with Crippen molar-refractivity contribution in [3.63, 3.8) is 0 Å². The van der Waals surface area contributed by atoms with E-state index < -0.39 is 0 Å². The zero-order chi connectivity index (χ0) is 16.0. The molecule has 2 fully saturated rings. The van der Waals surface area contributed by atoms with Crippen LogP contribution in [0.25, 0.3) is 0 Å². The van der Waals surface area contributed by atoms with Crippen LogP contribution >= 0.6 is 24.0 Å². The molecule has 0 bridgehead atoms. The first-order chi connectivity index (χ1) is 10.6. The number of hydrogen-bond acceptors (Lipinski definition) is 3. The van der Waals surface area contributed by atoms with E-state index in [2.05, 4.69) is 31.0 Å². The second-order valence-corrected chi connectivity index (χ2v) is 7.02. The predicted molar refractivity (Wildman–Crippen MR) is 106 cm³/mol. The number of nitrogens with zero attached hydrogens (tertiary/aromatic N) is 2. The highest BCUT2D eigenvalue weighted by molar-refractivity contribution is 14.0. The van der Waals surface area contributed by atoms with E-state index in [1.165, 1.54) is 6.42 Å². The van der Waals surface area contributed by atoms with E-state index in [0.29, 0.717) is 6.54 Å². The molecule has 0 amide bonds. The lowest BCUT2D eigenvalue weighted by atomic mass is 9.92. The second-order valence-electron chi connectivity index (χ2n) is 7.02. The van der Waals surface area contributed by atoms with Crippen molar-refractivity contribution in [2.75, 3.05) is 46.5 Å². The number of aliphatic imine (C=N–C) groups is 1. The summed E-state index contributed by atoms with van der Waals surface area (Å²) in [6.45, 7) is 12.2. The monoisotopic (exact) mass is 439 g/mol. The third-order valence-electron chi connectivity index (χ3n) is 4.86. The van der Waals surface area contributed by atoms with Crippen molar-refractivity contribution in [2.45, 2.75) is 45.6 Å². The Bertz CT molecular complexity index is 363. The average Bonchev–Trinajstić information content (AvgIpc) is 2.51. The first kappa shape index (κ1) is 21.0. The lowest BCUT2D eigenvalue weighted by Gasteiger charge is -2.38. The van der Waals surface area contributed by atoms with Gasteiger partial charge in [0.1, 0.15) is 0 Å². The highest BCUT2D eigenvalue weighted by atomic mass is 127. The summed E-state index contributed by atoms with van der Waals surface area (Å²) >= 11 is 0. The summed E-state index contributed by atoms with van der Waals surface area (Å²) in [4.78, 5) is 7.35. The molecule has 0 saturated carbocycles. The molecular formula is C17H34IN3O2. The van der Waals surface area contributed by atoms with Gasteiger partial charge in [-0.3, -0.25) is 4.99 Å². The van der Waals surface area contributed by atoms with Crippen LogP contribution in [0.4, 0.5) is 0 Å². The summed E-state index contributed by atoms with van der Waals surface area (Å²) < 4.78 is 11.3. The number of nitrogens with one attached hydrogen (secondary N) is 1. The third kappa shape index (κ3) is 6.05. The minimum Gasteiger partial charge on any atom is -0.381 e. The van der Waals surface area contributed by atoms with Crippen LogP contribution in [0.15, 0.2) is 4.99 Å². The Morgan fingerprint density at radius 1 is 1.26 bits per heavy atom. The summed E-state index contributed by atoms with van der Waals surface area (Å²) in [5.41, 5.74) is -0.147. The minimum atomic E-state index is -0.147. The summed E-state index contributed by atoms with van der Waals surface area (Å²) in [5, 5.41) is 3.46. The topological polar surface area (TPSA) is 46.1 Å². The zero-order valence-corrected chi connectivity index (χ0v) is 17.5. The molecule has 1 N–H and O–H groups in total. The molecule has 0 aromatic rings. The molecule has 0 aromatic heterocycles. The van der Waals surface area contributed by atoms with Crippen LogP contribution in [0, 0.1) is 11.8 Å². The van der Waals surface area contributed by atoms with Gasteiger partial charge in [0.2, 0.25) is 0 Å². The highest BCUT2D eigenvalue weighted by Gasteiger charge is 2.33. The van der Waals surface area contributed by atoms with Crippen molar-refractivity contribution in [3.8, 4) is 0 Å². The lowest BCUT2D eigenvalue weighted by molar-refractivity contribution is -0.0829. The molecule has 2 aliphatic rings. The van der Waals surface area contributed by atoms with Crippen LogP contribution in [0.5, 0.6) is 0 Å². The van der Waals surface area contributed by atoms with Gasteiger partial charge in [0.15, 0.2) is 5.96 Å². The number of guanidine groups is 1. The lowest BCUT2D eigenvalue weighted by Crippen LogP contribution is -2.49. The maximum absolute atomic E-state index is 5.80. The summed E-state index contributed by atoms with van der Waals surface area (Å²) in [7, 11) is 1.80. The first-order valence-electron chi connectivity index (χ1n) is 8.74. The SMILES string of the molecule is CCNC(=NCC1(OC)CCOCC1)N1CC(C)CC(C)C1.I. The predicted octanol–water partition coefficient (Wildman–Crippen LogP) is 2.74. The van der Waals surface area contributed by atoms with Gasteiger partial charge in [-0.1, -0.05) is 13.8 Å². The van der Waals surface area contributed by atoms with Gasteiger partial charge in [0.05, 0.1) is 12.1 Å². The summed E-state index contributed by atoms with van der Waals surface area (Å²) in [6, 6.07) is 0. The quantitative estimate of drug-likeness (QED) is 0.416. The van der Waals surface area contributed by atoms with Gasteiger partial charge in [0.25, 0.3) is 0 Å². The Balaban J connectivity index is 0.00000264. The molecule has 2 unspecified atom stereocenters. The fraction of sp³-hybridized carbons (Fsp3) is 0.941. The third-order valence-corrected chi connectivity index (χ3v) is 4.86. The Hall–Kier alpha value is -0.0800. The number of ether oxygens (including phenoxy) is 2. The highest BCUT2D eigenvalue weighted by Crippen LogP contribution is 2.25. The Morgan fingerprint density at radius 2 is 1.87 bits per heavy atom. The number of rotatable bonds is 4. The van der Waals surface area contributed by atoms with E-state index >= 15 is 0 Å². The fourth-order valence-electron chi connectivity index (χ4n) is 3.65. The molecular weight excluding hydrogens is 405 g/mol.